The van der Waals surface area contributed by atoms with Gasteiger partial charge in [0.05, 0.1) is 5.52 Å². The van der Waals surface area contributed by atoms with Gasteiger partial charge in [0, 0.05) is 17.0 Å². The Morgan fingerprint density at radius 3 is 2.86 bits per heavy atom. The van der Waals surface area contributed by atoms with E-state index in [0.717, 1.165) is 22.5 Å². The number of carboxylic acids is 1. The molecule has 5 heteroatoms. The number of carbonyl (C=O) groups is 1. The Morgan fingerprint density at radius 1 is 1.24 bits per heavy atom. The van der Waals surface area contributed by atoms with Crippen molar-refractivity contribution in [3.05, 3.63) is 59.9 Å². The number of H-pyrrole nitrogens is 1. The van der Waals surface area contributed by atoms with Crippen LogP contribution in [0.25, 0.3) is 28.2 Å². The van der Waals surface area contributed by atoms with Crippen molar-refractivity contribution in [3.63, 3.8) is 0 Å². The van der Waals surface area contributed by atoms with Crippen LogP contribution in [-0.2, 0) is 4.79 Å². The van der Waals surface area contributed by atoms with E-state index >= 15 is 0 Å². The molecule has 0 aliphatic carbocycles. The first-order valence-corrected chi connectivity index (χ1v) is 6.28. The molecule has 1 aromatic heterocycles. The van der Waals surface area contributed by atoms with Gasteiger partial charge < -0.3 is 5.11 Å². The molecule has 4 nitrogen and oxygen atoms in total. The maximum absolute atomic E-state index is 13.3. The molecule has 21 heavy (non-hydrogen) atoms. The average molecular weight is 282 g/mol. The standard InChI is InChI=1S/C16H11FN2O2/c17-12-3-1-2-11(9-12)16-13-8-10(5-7-15(20)21)4-6-14(13)18-19-16/h1-9H,(H,18,19)(H,20,21)/b7-5+. The number of fused-ring (bicyclic) bond motifs is 1. The highest BCUT2D eigenvalue weighted by Gasteiger charge is 2.09. The van der Waals surface area contributed by atoms with Crippen molar-refractivity contribution in [2.24, 2.45) is 0 Å². The number of carboxylic acid groups (broad SMARTS) is 1. The van der Waals surface area contributed by atoms with Crippen LogP contribution in [0.2, 0.25) is 0 Å². The topological polar surface area (TPSA) is 66.0 Å². The minimum atomic E-state index is -1.01. The molecule has 0 amide bonds. The number of benzene rings is 2. The molecular formula is C16H11FN2O2. The molecule has 0 unspecified atom stereocenters. The molecule has 104 valence electrons. The monoisotopic (exact) mass is 282 g/mol. The molecule has 0 saturated carbocycles. The van der Waals surface area contributed by atoms with Gasteiger partial charge in [0.1, 0.15) is 11.5 Å². The van der Waals surface area contributed by atoms with Crippen molar-refractivity contribution in [1.82, 2.24) is 10.2 Å². The molecule has 0 bridgehead atoms. The summed E-state index contributed by atoms with van der Waals surface area (Å²) in [6.07, 6.45) is 2.58. The molecule has 0 fully saturated rings. The summed E-state index contributed by atoms with van der Waals surface area (Å²) >= 11 is 0. The molecule has 2 N–H and O–H groups in total. The molecular weight excluding hydrogens is 271 g/mol. The lowest BCUT2D eigenvalue weighted by molar-refractivity contribution is -0.131. The van der Waals surface area contributed by atoms with Crippen LogP contribution in [0.5, 0.6) is 0 Å². The third kappa shape index (κ3) is 2.67. The lowest BCUT2D eigenvalue weighted by atomic mass is 10.1. The molecule has 0 aliphatic heterocycles. The second-order valence-electron chi connectivity index (χ2n) is 4.56. The van der Waals surface area contributed by atoms with Crippen LogP contribution in [0.1, 0.15) is 5.56 Å². The van der Waals surface area contributed by atoms with Crippen LogP contribution in [-0.4, -0.2) is 21.3 Å². The number of hydrogen-bond donors (Lipinski definition) is 2. The highest BCUT2D eigenvalue weighted by Crippen LogP contribution is 2.27. The molecule has 3 aromatic rings. The third-order valence-corrected chi connectivity index (χ3v) is 3.10. The zero-order chi connectivity index (χ0) is 14.8. The van der Waals surface area contributed by atoms with E-state index in [1.807, 2.05) is 12.1 Å². The average Bonchev–Trinajstić information content (AvgIpc) is 2.88. The Morgan fingerprint density at radius 2 is 2.10 bits per heavy atom. The van der Waals surface area contributed by atoms with E-state index in [0.29, 0.717) is 11.3 Å². The van der Waals surface area contributed by atoms with Gasteiger partial charge in [0.2, 0.25) is 0 Å². The summed E-state index contributed by atoms with van der Waals surface area (Å²) in [6, 6.07) is 11.6. The predicted molar refractivity (Wildman–Crippen MR) is 78.2 cm³/mol. The summed E-state index contributed by atoms with van der Waals surface area (Å²) in [5, 5.41) is 16.6. The summed E-state index contributed by atoms with van der Waals surface area (Å²) in [6.45, 7) is 0. The van der Waals surface area contributed by atoms with Gasteiger partial charge in [-0.3, -0.25) is 5.10 Å². The minimum absolute atomic E-state index is 0.328. The summed E-state index contributed by atoms with van der Waals surface area (Å²) in [4.78, 5) is 10.6. The van der Waals surface area contributed by atoms with Gasteiger partial charge in [-0.25, -0.2) is 9.18 Å². The first-order chi connectivity index (χ1) is 10.1. The summed E-state index contributed by atoms with van der Waals surface area (Å²) in [5.41, 5.74) is 2.85. The fraction of sp³-hybridized carbons (Fsp3) is 0. The number of aliphatic carboxylic acids is 1. The van der Waals surface area contributed by atoms with Crippen LogP contribution < -0.4 is 0 Å². The Labute approximate surface area is 119 Å². The van der Waals surface area contributed by atoms with Gasteiger partial charge in [-0.15, -0.1) is 0 Å². The first-order valence-electron chi connectivity index (χ1n) is 6.28. The van der Waals surface area contributed by atoms with Crippen molar-refractivity contribution >= 4 is 22.9 Å². The summed E-state index contributed by atoms with van der Waals surface area (Å²) < 4.78 is 13.3. The lowest BCUT2D eigenvalue weighted by Crippen LogP contribution is -1.85. The second-order valence-corrected chi connectivity index (χ2v) is 4.56. The van der Waals surface area contributed by atoms with Gasteiger partial charge in [-0.2, -0.15) is 5.10 Å². The van der Waals surface area contributed by atoms with Gasteiger partial charge in [-0.05, 0) is 35.9 Å². The van der Waals surface area contributed by atoms with Gasteiger partial charge in [0.15, 0.2) is 0 Å². The SMILES string of the molecule is O=C(O)/C=C/c1ccc2[nH]nc(-c3cccc(F)c3)c2c1. The first kappa shape index (κ1) is 13.1. The Hall–Kier alpha value is -2.95. The van der Waals surface area contributed by atoms with E-state index in [1.165, 1.54) is 18.2 Å². The van der Waals surface area contributed by atoms with Crippen LogP contribution in [0.3, 0.4) is 0 Å². The van der Waals surface area contributed by atoms with Crippen LogP contribution >= 0.6 is 0 Å². The third-order valence-electron chi connectivity index (χ3n) is 3.10. The molecule has 0 saturated heterocycles. The number of halogens is 1. The zero-order valence-corrected chi connectivity index (χ0v) is 10.9. The quantitative estimate of drug-likeness (QED) is 0.723. The molecule has 3 rings (SSSR count). The van der Waals surface area contributed by atoms with Crippen LogP contribution in [0, 0.1) is 5.82 Å². The summed E-state index contributed by atoms with van der Waals surface area (Å²) in [5.74, 6) is -1.33. The number of aromatic nitrogens is 2. The van der Waals surface area contributed by atoms with E-state index in [9.17, 15) is 9.18 Å². The smallest absolute Gasteiger partial charge is 0.328 e. The number of rotatable bonds is 3. The van der Waals surface area contributed by atoms with Crippen LogP contribution in [0.4, 0.5) is 4.39 Å². The van der Waals surface area contributed by atoms with Crippen molar-refractivity contribution < 1.29 is 14.3 Å². The Balaban J connectivity index is 2.12. The number of nitrogens with zero attached hydrogens (tertiary/aromatic N) is 1. The van der Waals surface area contributed by atoms with Gasteiger partial charge in [-0.1, -0.05) is 18.2 Å². The van der Waals surface area contributed by atoms with Crippen molar-refractivity contribution in [2.45, 2.75) is 0 Å². The van der Waals surface area contributed by atoms with E-state index in [4.69, 9.17) is 5.11 Å². The number of aromatic amines is 1. The fourth-order valence-electron chi connectivity index (χ4n) is 2.16. The molecule has 0 radical (unpaired) electrons. The van der Waals surface area contributed by atoms with E-state index in [1.54, 1.807) is 18.2 Å². The predicted octanol–water partition coefficient (Wildman–Crippen LogP) is 3.47. The lowest BCUT2D eigenvalue weighted by Gasteiger charge is -1.99. The normalized spacial score (nSPS) is 11.3. The highest BCUT2D eigenvalue weighted by molar-refractivity contribution is 5.95. The fourth-order valence-corrected chi connectivity index (χ4v) is 2.16. The van der Waals surface area contributed by atoms with E-state index in [2.05, 4.69) is 10.2 Å². The Bertz CT molecular complexity index is 852. The van der Waals surface area contributed by atoms with Gasteiger partial charge >= 0.3 is 5.97 Å². The van der Waals surface area contributed by atoms with Crippen molar-refractivity contribution in [1.29, 1.82) is 0 Å². The molecule has 2 aromatic carbocycles. The maximum Gasteiger partial charge on any atom is 0.328 e. The number of hydrogen-bond acceptors (Lipinski definition) is 2. The zero-order valence-electron chi connectivity index (χ0n) is 10.9. The molecule has 1 heterocycles. The molecule has 0 spiro atoms. The second kappa shape index (κ2) is 5.20. The van der Waals surface area contributed by atoms with E-state index < -0.39 is 5.97 Å². The summed E-state index contributed by atoms with van der Waals surface area (Å²) in [7, 11) is 0. The van der Waals surface area contributed by atoms with Crippen molar-refractivity contribution in [3.8, 4) is 11.3 Å². The molecule has 0 atom stereocenters. The number of nitrogens with one attached hydrogen (secondary N) is 1. The van der Waals surface area contributed by atoms with Gasteiger partial charge in [0.25, 0.3) is 0 Å². The highest BCUT2D eigenvalue weighted by atomic mass is 19.1. The maximum atomic E-state index is 13.3. The van der Waals surface area contributed by atoms with Crippen LogP contribution in [0.15, 0.2) is 48.5 Å². The molecule has 0 aliphatic rings. The van der Waals surface area contributed by atoms with E-state index in [-0.39, 0.29) is 5.82 Å². The van der Waals surface area contributed by atoms with Crippen molar-refractivity contribution in [2.75, 3.05) is 0 Å². The minimum Gasteiger partial charge on any atom is -0.478 e. The Kier molecular flexibility index (Phi) is 3.23. The largest absolute Gasteiger partial charge is 0.478 e.